The summed E-state index contributed by atoms with van der Waals surface area (Å²) in [5.41, 5.74) is 0. The maximum absolute atomic E-state index is 9.10. The van der Waals surface area contributed by atoms with Gasteiger partial charge in [-0.25, -0.2) is 0 Å². The fraction of sp³-hybridized carbons (Fsp3) is 1.00. The van der Waals surface area contributed by atoms with Gasteiger partial charge < -0.3 is 10.4 Å². The molecule has 0 aromatic heterocycles. The minimum Gasteiger partial charge on any atom is -0.393 e. The van der Waals surface area contributed by atoms with Gasteiger partial charge in [0.2, 0.25) is 0 Å². The maximum atomic E-state index is 9.10. The van der Waals surface area contributed by atoms with E-state index in [1.165, 1.54) is 25.7 Å². The van der Waals surface area contributed by atoms with Crippen molar-refractivity contribution in [3.05, 3.63) is 0 Å². The standard InChI is InChI=1S/C12H25NO/c1-10-5-3-7-12(9-10)13-8-4-6-11(2)14/h10-14H,3-9H2,1-2H3. The molecule has 1 saturated carbocycles. The molecule has 0 aromatic carbocycles. The zero-order valence-corrected chi connectivity index (χ0v) is 9.63. The van der Waals surface area contributed by atoms with Crippen molar-refractivity contribution in [3.8, 4) is 0 Å². The number of hydrogen-bond acceptors (Lipinski definition) is 2. The Labute approximate surface area is 88.1 Å². The zero-order valence-electron chi connectivity index (χ0n) is 9.63. The van der Waals surface area contributed by atoms with Crippen LogP contribution >= 0.6 is 0 Å². The molecular weight excluding hydrogens is 174 g/mol. The highest BCUT2D eigenvalue weighted by Gasteiger charge is 2.17. The van der Waals surface area contributed by atoms with E-state index in [-0.39, 0.29) is 6.10 Å². The lowest BCUT2D eigenvalue weighted by Gasteiger charge is -2.27. The molecule has 1 rings (SSSR count). The van der Waals surface area contributed by atoms with Gasteiger partial charge >= 0.3 is 0 Å². The van der Waals surface area contributed by atoms with Crippen LogP contribution < -0.4 is 5.32 Å². The fourth-order valence-corrected chi connectivity index (χ4v) is 2.32. The van der Waals surface area contributed by atoms with Gasteiger partial charge in [-0.05, 0) is 45.1 Å². The van der Waals surface area contributed by atoms with Gasteiger partial charge in [0, 0.05) is 6.04 Å². The summed E-state index contributed by atoms with van der Waals surface area (Å²) in [5, 5.41) is 12.7. The average Bonchev–Trinajstić information content (AvgIpc) is 2.12. The van der Waals surface area contributed by atoms with Crippen molar-refractivity contribution >= 4 is 0 Å². The molecule has 0 spiro atoms. The van der Waals surface area contributed by atoms with Crippen molar-refractivity contribution < 1.29 is 5.11 Å². The summed E-state index contributed by atoms with van der Waals surface area (Å²) < 4.78 is 0. The van der Waals surface area contributed by atoms with Crippen LogP contribution in [0.15, 0.2) is 0 Å². The molecule has 0 radical (unpaired) electrons. The molecule has 2 heteroatoms. The summed E-state index contributed by atoms with van der Waals surface area (Å²) in [4.78, 5) is 0. The van der Waals surface area contributed by atoms with E-state index in [0.29, 0.717) is 0 Å². The normalized spacial score (nSPS) is 30.2. The molecule has 1 aliphatic carbocycles. The fourth-order valence-electron chi connectivity index (χ4n) is 2.32. The van der Waals surface area contributed by atoms with Gasteiger partial charge in [0.05, 0.1) is 6.10 Å². The van der Waals surface area contributed by atoms with Crippen molar-refractivity contribution in [2.24, 2.45) is 5.92 Å². The third-order valence-corrected chi connectivity index (χ3v) is 3.17. The molecule has 14 heavy (non-hydrogen) atoms. The topological polar surface area (TPSA) is 32.3 Å². The van der Waals surface area contributed by atoms with Gasteiger partial charge in [0.1, 0.15) is 0 Å². The van der Waals surface area contributed by atoms with Crippen LogP contribution in [0.5, 0.6) is 0 Å². The molecular formula is C12H25NO. The lowest BCUT2D eigenvalue weighted by Crippen LogP contribution is -2.34. The Kier molecular flexibility index (Phi) is 5.49. The van der Waals surface area contributed by atoms with Gasteiger partial charge in [-0.15, -0.1) is 0 Å². The van der Waals surface area contributed by atoms with Gasteiger partial charge in [-0.1, -0.05) is 19.8 Å². The summed E-state index contributed by atoms with van der Waals surface area (Å²) >= 11 is 0. The molecule has 0 amide bonds. The van der Waals surface area contributed by atoms with E-state index in [4.69, 9.17) is 5.11 Å². The molecule has 1 fully saturated rings. The minimum atomic E-state index is -0.137. The maximum Gasteiger partial charge on any atom is 0.0512 e. The first-order valence-electron chi connectivity index (χ1n) is 6.10. The molecule has 2 N–H and O–H groups in total. The first-order chi connectivity index (χ1) is 6.68. The van der Waals surface area contributed by atoms with Crippen molar-refractivity contribution in [3.63, 3.8) is 0 Å². The average molecular weight is 199 g/mol. The number of aliphatic hydroxyl groups is 1. The van der Waals surface area contributed by atoms with Crippen molar-refractivity contribution in [2.75, 3.05) is 6.54 Å². The number of nitrogens with one attached hydrogen (secondary N) is 1. The Morgan fingerprint density at radius 1 is 1.43 bits per heavy atom. The quantitative estimate of drug-likeness (QED) is 0.666. The summed E-state index contributed by atoms with van der Waals surface area (Å²) in [7, 11) is 0. The van der Waals surface area contributed by atoms with E-state index in [0.717, 1.165) is 31.3 Å². The van der Waals surface area contributed by atoms with Gasteiger partial charge in [-0.3, -0.25) is 0 Å². The largest absolute Gasteiger partial charge is 0.393 e. The van der Waals surface area contributed by atoms with Gasteiger partial charge in [0.25, 0.3) is 0 Å². The lowest BCUT2D eigenvalue weighted by atomic mass is 9.87. The van der Waals surface area contributed by atoms with E-state index in [1.54, 1.807) is 0 Å². The zero-order chi connectivity index (χ0) is 10.4. The molecule has 84 valence electrons. The lowest BCUT2D eigenvalue weighted by molar-refractivity contribution is 0.180. The van der Waals surface area contributed by atoms with Crippen molar-refractivity contribution in [2.45, 2.75) is 64.5 Å². The number of aliphatic hydroxyl groups excluding tert-OH is 1. The Bertz CT molecular complexity index is 147. The van der Waals surface area contributed by atoms with Crippen molar-refractivity contribution in [1.29, 1.82) is 0 Å². The Morgan fingerprint density at radius 2 is 2.21 bits per heavy atom. The highest BCUT2D eigenvalue weighted by atomic mass is 16.3. The van der Waals surface area contributed by atoms with E-state index in [2.05, 4.69) is 12.2 Å². The predicted octanol–water partition coefficient (Wildman–Crippen LogP) is 2.32. The second-order valence-corrected chi connectivity index (χ2v) is 4.91. The van der Waals surface area contributed by atoms with Crippen molar-refractivity contribution in [1.82, 2.24) is 5.32 Å². The van der Waals surface area contributed by atoms with E-state index in [9.17, 15) is 0 Å². The molecule has 3 atom stereocenters. The highest BCUT2D eigenvalue weighted by molar-refractivity contribution is 4.75. The molecule has 0 aliphatic heterocycles. The summed E-state index contributed by atoms with van der Waals surface area (Å²) in [5.74, 6) is 0.901. The van der Waals surface area contributed by atoms with Crippen LogP contribution in [0.3, 0.4) is 0 Å². The van der Waals surface area contributed by atoms with E-state index < -0.39 is 0 Å². The summed E-state index contributed by atoms with van der Waals surface area (Å²) in [6.45, 7) is 5.29. The van der Waals surface area contributed by atoms with Gasteiger partial charge in [-0.2, -0.15) is 0 Å². The predicted molar refractivity (Wildman–Crippen MR) is 60.3 cm³/mol. The van der Waals surface area contributed by atoms with Crippen LogP contribution in [0.25, 0.3) is 0 Å². The Balaban J connectivity index is 2.00. The highest BCUT2D eigenvalue weighted by Crippen LogP contribution is 2.23. The molecule has 0 bridgehead atoms. The minimum absolute atomic E-state index is 0.137. The summed E-state index contributed by atoms with van der Waals surface area (Å²) in [6, 6.07) is 0.743. The monoisotopic (exact) mass is 199 g/mol. The van der Waals surface area contributed by atoms with Crippen LogP contribution in [-0.4, -0.2) is 23.8 Å². The third kappa shape index (κ3) is 4.97. The Hall–Kier alpha value is -0.0800. The molecule has 2 nitrogen and oxygen atoms in total. The second kappa shape index (κ2) is 6.41. The van der Waals surface area contributed by atoms with Crippen LogP contribution in [-0.2, 0) is 0 Å². The van der Waals surface area contributed by atoms with Crippen LogP contribution in [0.4, 0.5) is 0 Å². The smallest absolute Gasteiger partial charge is 0.0512 e. The van der Waals surface area contributed by atoms with Crippen LogP contribution in [0.2, 0.25) is 0 Å². The first kappa shape index (κ1) is 12.0. The van der Waals surface area contributed by atoms with Crippen LogP contribution in [0, 0.1) is 5.92 Å². The molecule has 0 saturated heterocycles. The molecule has 0 aromatic rings. The Morgan fingerprint density at radius 3 is 2.86 bits per heavy atom. The first-order valence-corrected chi connectivity index (χ1v) is 6.10. The van der Waals surface area contributed by atoms with E-state index in [1.807, 2.05) is 6.92 Å². The molecule has 3 unspecified atom stereocenters. The van der Waals surface area contributed by atoms with Gasteiger partial charge in [0.15, 0.2) is 0 Å². The second-order valence-electron chi connectivity index (χ2n) is 4.91. The molecule has 0 heterocycles. The third-order valence-electron chi connectivity index (χ3n) is 3.17. The van der Waals surface area contributed by atoms with E-state index >= 15 is 0 Å². The number of rotatable bonds is 5. The number of hydrogen-bond donors (Lipinski definition) is 2. The van der Waals surface area contributed by atoms with Crippen LogP contribution in [0.1, 0.15) is 52.4 Å². The summed E-state index contributed by atoms with van der Waals surface area (Å²) in [6.07, 6.45) is 7.37. The molecule has 1 aliphatic rings. The SMILES string of the molecule is CC(O)CCCNC1CCCC(C)C1.